The second-order valence-electron chi connectivity index (χ2n) is 1.45. The Bertz CT molecular complexity index is 264. The summed E-state index contributed by atoms with van der Waals surface area (Å²) in [5, 5.41) is 0. The molecule has 1 unspecified atom stereocenters. The van der Waals surface area contributed by atoms with Crippen LogP contribution in [0.5, 0.6) is 0 Å². The van der Waals surface area contributed by atoms with Crippen LogP contribution in [0.1, 0.15) is 0 Å². The maximum absolute atomic E-state index is 10.4. The first-order chi connectivity index (χ1) is 5.12. The van der Waals surface area contributed by atoms with Gasteiger partial charge in [-0.15, -0.1) is 0 Å². The Morgan fingerprint density at radius 2 is 1.67 bits per heavy atom. The number of phosphoric ester groups is 1. The van der Waals surface area contributed by atoms with E-state index in [-0.39, 0.29) is 0 Å². The fourth-order valence-corrected chi connectivity index (χ4v) is 1.70. The van der Waals surface area contributed by atoms with E-state index in [0.29, 0.717) is 0 Å². The fraction of sp³-hybridized carbons (Fsp3) is 0. The molecule has 0 spiro atoms. The van der Waals surface area contributed by atoms with Gasteiger partial charge in [0.05, 0.1) is 0 Å². The molecule has 1 amide bonds. The Morgan fingerprint density at radius 1 is 1.25 bits per heavy atom. The number of amides is 1. The van der Waals surface area contributed by atoms with Crippen molar-refractivity contribution >= 4 is 21.7 Å². The summed E-state index contributed by atoms with van der Waals surface area (Å²) < 4.78 is 26.8. The molecule has 0 aliphatic rings. The van der Waals surface area contributed by atoms with Crippen molar-refractivity contribution in [3.63, 3.8) is 0 Å². The largest absolute Gasteiger partial charge is 0.539 e. The monoisotopic (exact) mass is 221 g/mol. The molecule has 0 bridgehead atoms. The summed E-state index contributed by atoms with van der Waals surface area (Å²) in [6, 6.07) is 0. The zero-order valence-corrected chi connectivity index (χ0v) is 7.14. The molecular weight excluding hydrogens is 216 g/mol. The Kier molecular flexibility index (Phi) is 3.40. The number of carbonyl (C=O) groups is 1. The summed E-state index contributed by atoms with van der Waals surface area (Å²) in [5.41, 5.74) is 4.27. The zero-order chi connectivity index (χ0) is 9.99. The van der Waals surface area contributed by atoms with E-state index in [9.17, 15) is 13.9 Å². The Morgan fingerprint density at radius 3 is 1.92 bits per heavy atom. The number of hydrogen-bond donors (Lipinski definition) is 4. The highest BCUT2D eigenvalue weighted by Gasteiger charge is 2.34. The van der Waals surface area contributed by atoms with Gasteiger partial charge in [-0.2, -0.15) is 4.31 Å². The van der Waals surface area contributed by atoms with E-state index in [1.165, 1.54) is 0 Å². The number of hydrogen-bond acceptors (Lipinski definition) is 5. The van der Waals surface area contributed by atoms with Crippen molar-refractivity contribution < 1.29 is 37.4 Å². The third-order valence-electron chi connectivity index (χ3n) is 0.415. The molecule has 12 heavy (non-hydrogen) atoms. The first-order valence-corrected chi connectivity index (χ1v) is 5.24. The first-order valence-electron chi connectivity index (χ1n) is 2.21. The van der Waals surface area contributed by atoms with Crippen molar-refractivity contribution in [2.45, 2.75) is 0 Å². The molecule has 11 heteroatoms. The van der Waals surface area contributed by atoms with Gasteiger partial charge in [-0.3, -0.25) is 4.89 Å². The highest BCUT2D eigenvalue weighted by atomic mass is 31.3. The fourth-order valence-electron chi connectivity index (χ4n) is 0.265. The average Bonchev–Trinajstić information content (AvgIpc) is 1.48. The molecule has 0 saturated heterocycles. The lowest BCUT2D eigenvalue weighted by Gasteiger charge is -2.09. The predicted octanol–water partition coefficient (Wildman–Crippen LogP) is -0.709. The quantitative estimate of drug-likeness (QED) is 0.455. The van der Waals surface area contributed by atoms with Gasteiger partial charge in [0, 0.05) is 0 Å². The SMILES string of the molecule is NC(=O)OP(=O)(O)OP(=O)(O)O. The van der Waals surface area contributed by atoms with Crippen LogP contribution >= 0.6 is 15.6 Å². The van der Waals surface area contributed by atoms with Crippen LogP contribution in [-0.4, -0.2) is 20.8 Å². The van der Waals surface area contributed by atoms with Crippen LogP contribution in [0, 0.1) is 0 Å². The third kappa shape index (κ3) is 6.29. The third-order valence-corrected chi connectivity index (χ3v) is 2.50. The summed E-state index contributed by atoms with van der Waals surface area (Å²) in [6.45, 7) is 0. The lowest BCUT2D eigenvalue weighted by atomic mass is 11.3. The Balaban J connectivity index is 4.35. The average molecular weight is 221 g/mol. The maximum atomic E-state index is 10.4. The second kappa shape index (κ2) is 3.53. The molecule has 0 heterocycles. The van der Waals surface area contributed by atoms with Gasteiger partial charge in [0.2, 0.25) is 0 Å². The van der Waals surface area contributed by atoms with Crippen molar-refractivity contribution in [2.24, 2.45) is 5.73 Å². The number of rotatable bonds is 3. The molecule has 5 N–H and O–H groups in total. The van der Waals surface area contributed by atoms with Crippen molar-refractivity contribution in [1.82, 2.24) is 0 Å². The molecule has 0 aromatic heterocycles. The van der Waals surface area contributed by atoms with Gasteiger partial charge in [0.25, 0.3) is 0 Å². The van der Waals surface area contributed by atoms with Crippen LogP contribution in [0.3, 0.4) is 0 Å². The topological polar surface area (TPSA) is 156 Å². The summed E-state index contributed by atoms with van der Waals surface area (Å²) in [6.07, 6.45) is -1.69. The Hall–Kier alpha value is -0.430. The molecule has 0 aromatic rings. The molecule has 9 nitrogen and oxygen atoms in total. The van der Waals surface area contributed by atoms with Gasteiger partial charge in [-0.25, -0.2) is 13.9 Å². The highest BCUT2D eigenvalue weighted by Crippen LogP contribution is 2.57. The molecule has 0 radical (unpaired) electrons. The van der Waals surface area contributed by atoms with Gasteiger partial charge in [0.1, 0.15) is 0 Å². The van der Waals surface area contributed by atoms with Crippen LogP contribution in [0.25, 0.3) is 0 Å². The normalized spacial score (nSPS) is 16.6. The van der Waals surface area contributed by atoms with E-state index in [1.807, 2.05) is 0 Å². The molecule has 0 fully saturated rings. The lowest BCUT2D eigenvalue weighted by Crippen LogP contribution is -2.11. The standard InChI is InChI=1S/CH5NO8P2/c2-1(3)9-12(7,8)10-11(4,5)6/h(H2,2,3)(H,7,8)(H2,4,5,6). The maximum Gasteiger partial charge on any atom is 0.539 e. The minimum absolute atomic E-state index is 1.69. The van der Waals surface area contributed by atoms with Crippen LogP contribution < -0.4 is 5.73 Å². The molecule has 0 rings (SSSR count). The van der Waals surface area contributed by atoms with Crippen molar-refractivity contribution in [3.8, 4) is 0 Å². The summed E-state index contributed by atoms with van der Waals surface area (Å²) in [4.78, 5) is 34.2. The summed E-state index contributed by atoms with van der Waals surface area (Å²) in [5.74, 6) is 0. The number of nitrogens with two attached hydrogens (primary N) is 1. The lowest BCUT2D eigenvalue weighted by molar-refractivity contribution is 0.178. The molecule has 0 aliphatic heterocycles. The zero-order valence-electron chi connectivity index (χ0n) is 5.35. The number of primary amides is 1. The van der Waals surface area contributed by atoms with Crippen LogP contribution in [0.15, 0.2) is 0 Å². The van der Waals surface area contributed by atoms with Crippen LogP contribution in [0.4, 0.5) is 4.79 Å². The van der Waals surface area contributed by atoms with E-state index < -0.39 is 21.7 Å². The van der Waals surface area contributed by atoms with Crippen molar-refractivity contribution in [1.29, 1.82) is 0 Å². The predicted molar refractivity (Wildman–Crippen MR) is 33.6 cm³/mol. The first kappa shape index (κ1) is 11.6. The van der Waals surface area contributed by atoms with Crippen molar-refractivity contribution in [2.75, 3.05) is 0 Å². The molecule has 0 aromatic carbocycles. The molecule has 1 atom stereocenters. The van der Waals surface area contributed by atoms with E-state index in [4.69, 9.17) is 14.7 Å². The van der Waals surface area contributed by atoms with Gasteiger partial charge in [-0.1, -0.05) is 0 Å². The van der Waals surface area contributed by atoms with Gasteiger partial charge in [-0.05, 0) is 0 Å². The number of carbonyl (C=O) groups excluding carboxylic acids is 1. The molecule has 72 valence electrons. The van der Waals surface area contributed by atoms with E-state index in [2.05, 4.69) is 14.6 Å². The minimum Gasteiger partial charge on any atom is -0.353 e. The van der Waals surface area contributed by atoms with Gasteiger partial charge >= 0.3 is 21.7 Å². The van der Waals surface area contributed by atoms with Gasteiger partial charge in [0.15, 0.2) is 0 Å². The minimum atomic E-state index is -5.19. The molecule has 0 saturated carbocycles. The van der Waals surface area contributed by atoms with E-state index in [0.717, 1.165) is 0 Å². The molecule has 0 aliphatic carbocycles. The molecular formula is CH5NO8P2. The Labute approximate surface area is 65.9 Å². The smallest absolute Gasteiger partial charge is 0.353 e. The summed E-state index contributed by atoms with van der Waals surface area (Å²) >= 11 is 0. The summed E-state index contributed by atoms with van der Waals surface area (Å²) in [7, 11) is -10.3. The van der Waals surface area contributed by atoms with Crippen molar-refractivity contribution in [3.05, 3.63) is 0 Å². The second-order valence-corrected chi connectivity index (χ2v) is 4.21. The van der Waals surface area contributed by atoms with Crippen LogP contribution in [0.2, 0.25) is 0 Å². The van der Waals surface area contributed by atoms with Gasteiger partial charge < -0.3 is 20.0 Å². The number of phosphoric acid groups is 2. The van der Waals surface area contributed by atoms with Crippen LogP contribution in [-0.2, 0) is 18.0 Å². The van der Waals surface area contributed by atoms with E-state index >= 15 is 0 Å². The van der Waals surface area contributed by atoms with E-state index in [1.54, 1.807) is 0 Å². The highest BCUT2D eigenvalue weighted by molar-refractivity contribution is 7.61.